The number of nitro groups is 1. The first kappa shape index (κ1) is 20.4. The van der Waals surface area contributed by atoms with Crippen molar-refractivity contribution in [2.24, 2.45) is 0 Å². The van der Waals surface area contributed by atoms with Gasteiger partial charge in [-0.2, -0.15) is 5.10 Å². The topological polar surface area (TPSA) is 112 Å². The number of thioether (sulfide) groups is 1. The van der Waals surface area contributed by atoms with Crippen LogP contribution in [0.4, 0.5) is 11.4 Å². The maximum absolute atomic E-state index is 12.2. The van der Waals surface area contributed by atoms with E-state index in [0.717, 1.165) is 17.0 Å². The molecule has 4 aromatic rings. The highest BCUT2D eigenvalue weighted by Gasteiger charge is 2.10. The van der Waals surface area contributed by atoms with Crippen LogP contribution in [0.3, 0.4) is 0 Å². The number of hydrogen-bond acceptors (Lipinski definition) is 7. The van der Waals surface area contributed by atoms with Gasteiger partial charge in [0.2, 0.25) is 5.91 Å². The van der Waals surface area contributed by atoms with Crippen molar-refractivity contribution in [1.82, 2.24) is 14.6 Å². The number of benzene rings is 2. The van der Waals surface area contributed by atoms with Crippen LogP contribution in [0.1, 0.15) is 0 Å². The molecule has 2 heterocycles. The molecule has 0 aliphatic heterocycles. The fraction of sp³-hybridized carbons (Fsp3) is 0.0952. The Morgan fingerprint density at radius 1 is 1.19 bits per heavy atom. The molecule has 0 spiro atoms. The molecule has 0 bridgehead atoms. The predicted octanol–water partition coefficient (Wildman–Crippen LogP) is 4.04. The van der Waals surface area contributed by atoms with E-state index >= 15 is 0 Å². The summed E-state index contributed by atoms with van der Waals surface area (Å²) in [6, 6.07) is 17.0. The average molecular weight is 435 g/mol. The average Bonchev–Trinajstić information content (AvgIpc) is 3.21. The molecule has 1 N–H and O–H groups in total. The van der Waals surface area contributed by atoms with Gasteiger partial charge >= 0.3 is 0 Å². The Hall–Kier alpha value is -3.92. The minimum Gasteiger partial charge on any atom is -0.497 e. The summed E-state index contributed by atoms with van der Waals surface area (Å²) in [5.41, 5.74) is 2.71. The third-order valence-corrected chi connectivity index (χ3v) is 5.29. The Morgan fingerprint density at radius 2 is 2.00 bits per heavy atom. The van der Waals surface area contributed by atoms with E-state index in [1.54, 1.807) is 23.8 Å². The molecular weight excluding hydrogens is 418 g/mol. The highest BCUT2D eigenvalue weighted by atomic mass is 32.2. The number of anilines is 1. The summed E-state index contributed by atoms with van der Waals surface area (Å²) >= 11 is 1.26. The quantitative estimate of drug-likeness (QED) is 0.265. The molecule has 2 aromatic heterocycles. The molecule has 0 saturated heterocycles. The van der Waals surface area contributed by atoms with Crippen molar-refractivity contribution in [3.05, 3.63) is 77.0 Å². The number of carbonyl (C=O) groups excluding carboxylic acids is 1. The number of methoxy groups -OCH3 is 1. The Labute approximate surface area is 181 Å². The molecule has 4 rings (SSSR count). The highest BCUT2D eigenvalue weighted by molar-refractivity contribution is 7.99. The van der Waals surface area contributed by atoms with Crippen molar-refractivity contribution in [2.75, 3.05) is 18.2 Å². The number of imidazole rings is 1. The van der Waals surface area contributed by atoms with Gasteiger partial charge in [-0.3, -0.25) is 14.9 Å². The van der Waals surface area contributed by atoms with Crippen LogP contribution in [-0.4, -0.2) is 38.3 Å². The van der Waals surface area contributed by atoms with Gasteiger partial charge < -0.3 is 10.1 Å². The van der Waals surface area contributed by atoms with Gasteiger partial charge in [0.1, 0.15) is 10.8 Å². The van der Waals surface area contributed by atoms with Crippen molar-refractivity contribution in [3.63, 3.8) is 0 Å². The first-order chi connectivity index (χ1) is 15.0. The number of hydrogen-bond donors (Lipinski definition) is 1. The number of rotatable bonds is 7. The van der Waals surface area contributed by atoms with Crippen molar-refractivity contribution >= 4 is 34.7 Å². The highest BCUT2D eigenvalue weighted by Crippen LogP contribution is 2.23. The summed E-state index contributed by atoms with van der Waals surface area (Å²) < 4.78 is 6.84. The molecule has 1 amide bonds. The molecule has 0 unspecified atom stereocenters. The second-order valence-electron chi connectivity index (χ2n) is 6.47. The Morgan fingerprint density at radius 3 is 2.74 bits per heavy atom. The van der Waals surface area contributed by atoms with E-state index < -0.39 is 4.92 Å². The molecule has 0 radical (unpaired) electrons. The van der Waals surface area contributed by atoms with E-state index in [4.69, 9.17) is 4.74 Å². The van der Waals surface area contributed by atoms with Crippen molar-refractivity contribution in [1.29, 1.82) is 0 Å². The van der Waals surface area contributed by atoms with Gasteiger partial charge in [0.05, 0.1) is 29.7 Å². The third kappa shape index (κ3) is 4.81. The van der Waals surface area contributed by atoms with Crippen molar-refractivity contribution < 1.29 is 14.5 Å². The minimum absolute atomic E-state index is 0.0784. The second-order valence-corrected chi connectivity index (χ2v) is 7.47. The van der Waals surface area contributed by atoms with Crippen LogP contribution in [-0.2, 0) is 4.79 Å². The van der Waals surface area contributed by atoms with Crippen LogP contribution in [0, 0.1) is 10.1 Å². The summed E-state index contributed by atoms with van der Waals surface area (Å²) in [7, 11) is 1.62. The second kappa shape index (κ2) is 8.84. The number of ether oxygens (including phenoxy) is 1. The normalized spacial score (nSPS) is 10.7. The van der Waals surface area contributed by atoms with Crippen LogP contribution in [0.5, 0.6) is 5.75 Å². The van der Waals surface area contributed by atoms with E-state index in [9.17, 15) is 14.9 Å². The lowest BCUT2D eigenvalue weighted by Crippen LogP contribution is -2.14. The van der Waals surface area contributed by atoms with E-state index in [1.807, 2.05) is 36.5 Å². The predicted molar refractivity (Wildman–Crippen MR) is 117 cm³/mol. The Bertz CT molecular complexity index is 1260. The lowest BCUT2D eigenvalue weighted by Gasteiger charge is -2.05. The van der Waals surface area contributed by atoms with Gasteiger partial charge in [-0.15, -0.1) is 0 Å². The number of nitrogens with one attached hydrogen (secondary N) is 1. The van der Waals surface area contributed by atoms with Crippen LogP contribution in [0.2, 0.25) is 0 Å². The van der Waals surface area contributed by atoms with Gasteiger partial charge in [0.25, 0.3) is 5.69 Å². The van der Waals surface area contributed by atoms with Crippen molar-refractivity contribution in [3.8, 4) is 17.0 Å². The van der Waals surface area contributed by atoms with Gasteiger partial charge in [0, 0.05) is 23.4 Å². The number of carbonyl (C=O) groups is 1. The van der Waals surface area contributed by atoms with Crippen LogP contribution in [0.15, 0.2) is 71.9 Å². The molecule has 0 aliphatic rings. The van der Waals surface area contributed by atoms with E-state index in [0.29, 0.717) is 16.4 Å². The summed E-state index contributed by atoms with van der Waals surface area (Å²) in [6.45, 7) is 0. The van der Waals surface area contributed by atoms with E-state index in [2.05, 4.69) is 15.4 Å². The first-order valence-corrected chi connectivity index (χ1v) is 10.2. The van der Waals surface area contributed by atoms with Crippen LogP contribution < -0.4 is 10.1 Å². The molecule has 2 aromatic carbocycles. The lowest BCUT2D eigenvalue weighted by molar-refractivity contribution is -0.384. The molecule has 0 atom stereocenters. The van der Waals surface area contributed by atoms with Gasteiger partial charge in [-0.1, -0.05) is 17.8 Å². The number of aromatic nitrogens is 3. The fourth-order valence-corrected chi connectivity index (χ4v) is 3.54. The SMILES string of the molecule is COc1ccc(-c2cn3nc(SCC(=O)Nc4cccc([N+](=O)[O-])c4)ccc3n2)cc1. The number of nitro benzene ring substituents is 1. The van der Waals surface area contributed by atoms with Gasteiger partial charge in [-0.05, 0) is 42.5 Å². The minimum atomic E-state index is -0.505. The zero-order chi connectivity index (χ0) is 21.8. The Kier molecular flexibility index (Phi) is 5.80. The summed E-state index contributed by atoms with van der Waals surface area (Å²) in [6.07, 6.45) is 1.82. The number of nitrogens with zero attached hydrogens (tertiary/aromatic N) is 4. The zero-order valence-corrected chi connectivity index (χ0v) is 17.2. The van der Waals surface area contributed by atoms with Gasteiger partial charge in [-0.25, -0.2) is 9.50 Å². The molecule has 31 heavy (non-hydrogen) atoms. The van der Waals surface area contributed by atoms with Crippen LogP contribution in [0.25, 0.3) is 16.9 Å². The van der Waals surface area contributed by atoms with Gasteiger partial charge in [0.15, 0.2) is 5.65 Å². The van der Waals surface area contributed by atoms with E-state index in [-0.39, 0.29) is 17.3 Å². The smallest absolute Gasteiger partial charge is 0.271 e. The molecular formula is C21H17N5O4S. The molecule has 0 saturated carbocycles. The molecule has 10 heteroatoms. The zero-order valence-electron chi connectivity index (χ0n) is 16.4. The summed E-state index contributed by atoms with van der Waals surface area (Å²) in [4.78, 5) is 27.1. The maximum Gasteiger partial charge on any atom is 0.271 e. The molecule has 9 nitrogen and oxygen atoms in total. The maximum atomic E-state index is 12.2. The number of non-ortho nitro benzene ring substituents is 1. The number of fused-ring (bicyclic) bond motifs is 1. The molecule has 0 fully saturated rings. The summed E-state index contributed by atoms with van der Waals surface area (Å²) in [5, 5.41) is 18.7. The van der Waals surface area contributed by atoms with E-state index in [1.165, 1.54) is 30.0 Å². The summed E-state index contributed by atoms with van der Waals surface area (Å²) in [5.74, 6) is 0.603. The number of amides is 1. The first-order valence-electron chi connectivity index (χ1n) is 9.20. The third-order valence-electron chi connectivity index (χ3n) is 4.37. The van der Waals surface area contributed by atoms with Crippen molar-refractivity contribution in [2.45, 2.75) is 5.03 Å². The van der Waals surface area contributed by atoms with Crippen LogP contribution >= 0.6 is 11.8 Å². The fourth-order valence-electron chi connectivity index (χ4n) is 2.88. The molecule has 156 valence electrons. The molecule has 0 aliphatic carbocycles. The lowest BCUT2D eigenvalue weighted by atomic mass is 10.2. The monoisotopic (exact) mass is 435 g/mol. The Balaban J connectivity index is 1.42. The largest absolute Gasteiger partial charge is 0.497 e. The standard InChI is InChI=1S/C21H17N5O4S/c1-30-17-7-5-14(6-8-17)18-12-25-19(23-18)9-10-21(24-25)31-13-20(27)22-15-3-2-4-16(11-15)26(28)29/h2-12H,13H2,1H3,(H,22,27).